The second-order valence-corrected chi connectivity index (χ2v) is 20.7. The minimum absolute atomic E-state index is 0.248. The number of carbonyl (C=O) groups is 1. The van der Waals surface area contributed by atoms with Crippen LogP contribution in [-0.4, -0.2) is 110 Å². The van der Waals surface area contributed by atoms with Crippen LogP contribution in [0.4, 0.5) is 0 Å². The zero-order valence-corrected chi connectivity index (χ0v) is 44.6. The molecule has 1 rings (SSSR count). The number of rotatable bonds is 50. The Balaban J connectivity index is 2.25. The van der Waals surface area contributed by atoms with Crippen molar-refractivity contribution in [1.29, 1.82) is 0 Å². The van der Waals surface area contributed by atoms with Crippen LogP contribution in [0.15, 0.2) is 24.3 Å². The molecule has 69 heavy (non-hydrogen) atoms. The van der Waals surface area contributed by atoms with E-state index in [-0.39, 0.29) is 12.8 Å². The Labute approximate surface area is 423 Å². The van der Waals surface area contributed by atoms with Gasteiger partial charge in [-0.05, 0) is 51.4 Å². The molecule has 8 N–H and O–H groups in total. The number of allylic oxidation sites excluding steroid dienone is 4. The van der Waals surface area contributed by atoms with Gasteiger partial charge in [0.1, 0.15) is 36.6 Å². The number of aliphatic hydroxyl groups excluding tert-OH is 7. The lowest BCUT2D eigenvalue weighted by Crippen LogP contribution is -2.60. The smallest absolute Gasteiger partial charge is 0.249 e. The van der Waals surface area contributed by atoms with Crippen LogP contribution in [0.25, 0.3) is 0 Å². The van der Waals surface area contributed by atoms with E-state index < -0.39 is 74.2 Å². The van der Waals surface area contributed by atoms with Gasteiger partial charge in [0.2, 0.25) is 5.91 Å². The van der Waals surface area contributed by atoms with Crippen LogP contribution in [-0.2, 0) is 14.3 Å². The Morgan fingerprint density at radius 3 is 1.29 bits per heavy atom. The third-order valence-corrected chi connectivity index (χ3v) is 14.2. The minimum Gasteiger partial charge on any atom is -0.394 e. The standard InChI is InChI=1S/C58H111NO10/c1-3-5-7-9-11-13-15-17-19-20-21-22-23-24-25-26-27-28-29-30-31-32-34-36-38-40-42-44-46-51(62)57(67)59-49(48-68-58-56(66)55(65)54(64)52(47-60)69-58)53(63)50(61)45-43-41-39-37-35-33-18-16-14-12-10-8-6-4-2/h16,18,37,39,49-56,58,60-66H,3-15,17,19-36,38,40-48H2,1-2H3,(H,59,67)/b18-16+,39-37+. The fraction of sp³-hybridized carbons (Fsp3) is 0.914. The van der Waals surface area contributed by atoms with Gasteiger partial charge in [-0.1, -0.05) is 244 Å². The number of ether oxygens (including phenoxy) is 2. The maximum atomic E-state index is 13.2. The van der Waals surface area contributed by atoms with Crippen LogP contribution in [0.3, 0.4) is 0 Å². The summed E-state index contributed by atoms with van der Waals surface area (Å²) in [5.74, 6) is -0.706. The minimum atomic E-state index is -1.67. The fourth-order valence-corrected chi connectivity index (χ4v) is 9.46. The molecule has 9 unspecified atom stereocenters. The van der Waals surface area contributed by atoms with E-state index in [2.05, 4.69) is 43.5 Å². The zero-order valence-electron chi connectivity index (χ0n) is 44.6. The van der Waals surface area contributed by atoms with Gasteiger partial charge in [0.25, 0.3) is 0 Å². The maximum absolute atomic E-state index is 13.2. The van der Waals surface area contributed by atoms with E-state index in [1.54, 1.807) is 0 Å². The molecule has 1 aliphatic rings. The highest BCUT2D eigenvalue weighted by Crippen LogP contribution is 2.23. The number of amides is 1. The molecule has 0 aromatic rings. The fourth-order valence-electron chi connectivity index (χ4n) is 9.46. The van der Waals surface area contributed by atoms with Crippen LogP contribution in [0.2, 0.25) is 0 Å². The van der Waals surface area contributed by atoms with Crippen molar-refractivity contribution in [2.45, 2.75) is 326 Å². The Morgan fingerprint density at radius 2 is 0.870 bits per heavy atom. The first kappa shape index (κ1) is 65.6. The lowest BCUT2D eigenvalue weighted by atomic mass is 9.98. The number of hydrogen-bond donors (Lipinski definition) is 8. The molecule has 1 heterocycles. The third kappa shape index (κ3) is 36.2. The molecule has 11 nitrogen and oxygen atoms in total. The van der Waals surface area contributed by atoms with Crippen molar-refractivity contribution in [1.82, 2.24) is 5.32 Å². The first-order valence-electron chi connectivity index (χ1n) is 29.2. The Bertz CT molecular complexity index is 1170. The van der Waals surface area contributed by atoms with Crippen LogP contribution < -0.4 is 5.32 Å². The number of carbonyl (C=O) groups excluding carboxylic acids is 1. The van der Waals surface area contributed by atoms with Crippen LogP contribution >= 0.6 is 0 Å². The molecular weight excluding hydrogens is 871 g/mol. The third-order valence-electron chi connectivity index (χ3n) is 14.2. The lowest BCUT2D eigenvalue weighted by molar-refractivity contribution is -0.303. The Kier molecular flexibility index (Phi) is 45.2. The summed E-state index contributed by atoms with van der Waals surface area (Å²) in [6.07, 6.45) is 45.4. The highest BCUT2D eigenvalue weighted by molar-refractivity contribution is 5.80. The van der Waals surface area contributed by atoms with Crippen LogP contribution in [0.1, 0.15) is 271 Å². The summed E-state index contributed by atoms with van der Waals surface area (Å²) in [6.45, 7) is 3.44. The maximum Gasteiger partial charge on any atom is 0.249 e. The monoisotopic (exact) mass is 982 g/mol. The zero-order chi connectivity index (χ0) is 50.4. The molecule has 1 saturated heterocycles. The summed E-state index contributed by atoms with van der Waals surface area (Å²) >= 11 is 0. The molecule has 9 atom stereocenters. The molecule has 0 spiro atoms. The van der Waals surface area contributed by atoms with E-state index in [9.17, 15) is 40.5 Å². The molecule has 1 fully saturated rings. The van der Waals surface area contributed by atoms with Gasteiger partial charge in [0, 0.05) is 0 Å². The van der Waals surface area contributed by atoms with Crippen molar-refractivity contribution in [2.24, 2.45) is 0 Å². The molecule has 0 radical (unpaired) electrons. The number of aliphatic hydroxyl groups is 7. The van der Waals surface area contributed by atoms with Crippen molar-refractivity contribution in [3.05, 3.63) is 24.3 Å². The van der Waals surface area contributed by atoms with Gasteiger partial charge in [-0.2, -0.15) is 0 Å². The van der Waals surface area contributed by atoms with Gasteiger partial charge < -0.3 is 50.5 Å². The van der Waals surface area contributed by atoms with Crippen molar-refractivity contribution in [3.63, 3.8) is 0 Å². The second kappa shape index (κ2) is 47.6. The van der Waals surface area contributed by atoms with E-state index in [0.29, 0.717) is 19.3 Å². The quantitative estimate of drug-likeness (QED) is 0.0215. The number of hydrogen-bond acceptors (Lipinski definition) is 10. The topological polar surface area (TPSA) is 189 Å². The molecule has 0 saturated carbocycles. The highest BCUT2D eigenvalue weighted by atomic mass is 16.7. The van der Waals surface area contributed by atoms with Crippen molar-refractivity contribution in [2.75, 3.05) is 13.2 Å². The summed E-state index contributed by atoms with van der Waals surface area (Å²) in [4.78, 5) is 13.2. The average molecular weight is 983 g/mol. The second-order valence-electron chi connectivity index (χ2n) is 20.7. The summed E-state index contributed by atoms with van der Waals surface area (Å²) < 4.78 is 11.1. The SMILES string of the molecule is CCCCCCC/C=C/CC/C=C/CCCC(O)C(O)C(COC1OC(CO)C(O)C(O)C1O)NC(=O)C(O)CCCCCCCCCCCCCCCCCCCCCCCCCCCCCC. The van der Waals surface area contributed by atoms with Gasteiger partial charge in [-0.15, -0.1) is 0 Å². The molecule has 0 aromatic carbocycles. The van der Waals surface area contributed by atoms with Crippen molar-refractivity contribution < 1.29 is 50.0 Å². The van der Waals surface area contributed by atoms with Crippen molar-refractivity contribution >= 4 is 5.91 Å². The molecule has 408 valence electrons. The van der Waals surface area contributed by atoms with E-state index in [0.717, 1.165) is 38.5 Å². The molecule has 1 aliphatic heterocycles. The summed E-state index contributed by atoms with van der Waals surface area (Å²) in [5.41, 5.74) is 0. The molecule has 0 aromatic heterocycles. The molecular formula is C58H111NO10. The molecule has 11 heteroatoms. The van der Waals surface area contributed by atoms with Crippen LogP contribution in [0.5, 0.6) is 0 Å². The van der Waals surface area contributed by atoms with E-state index in [1.165, 1.54) is 186 Å². The van der Waals surface area contributed by atoms with Gasteiger partial charge >= 0.3 is 0 Å². The first-order chi connectivity index (χ1) is 33.7. The Hall–Kier alpha value is -1.41. The summed E-state index contributed by atoms with van der Waals surface area (Å²) in [7, 11) is 0. The normalized spacial score (nSPS) is 20.5. The van der Waals surface area contributed by atoms with Crippen LogP contribution in [0, 0.1) is 0 Å². The number of nitrogens with one attached hydrogen (secondary N) is 1. The largest absolute Gasteiger partial charge is 0.394 e. The van der Waals surface area contributed by atoms with Gasteiger partial charge in [0.05, 0.1) is 25.4 Å². The summed E-state index contributed by atoms with van der Waals surface area (Å²) in [6, 6.07) is -1.19. The Morgan fingerprint density at radius 1 is 0.493 bits per heavy atom. The lowest BCUT2D eigenvalue weighted by Gasteiger charge is -2.40. The predicted octanol–water partition coefficient (Wildman–Crippen LogP) is 12.1. The predicted molar refractivity (Wildman–Crippen MR) is 284 cm³/mol. The van der Waals surface area contributed by atoms with Crippen molar-refractivity contribution in [3.8, 4) is 0 Å². The molecule has 0 aliphatic carbocycles. The van der Waals surface area contributed by atoms with Gasteiger partial charge in [-0.3, -0.25) is 4.79 Å². The highest BCUT2D eigenvalue weighted by Gasteiger charge is 2.44. The van der Waals surface area contributed by atoms with Gasteiger partial charge in [0.15, 0.2) is 6.29 Å². The van der Waals surface area contributed by atoms with Gasteiger partial charge in [-0.25, -0.2) is 0 Å². The first-order valence-corrected chi connectivity index (χ1v) is 29.2. The molecule has 0 bridgehead atoms. The summed E-state index contributed by atoms with van der Waals surface area (Å²) in [5, 5.41) is 76.0. The molecule has 1 amide bonds. The average Bonchev–Trinajstić information content (AvgIpc) is 3.35. The number of unbranched alkanes of at least 4 members (excludes halogenated alkanes) is 34. The van der Waals surface area contributed by atoms with E-state index in [4.69, 9.17) is 9.47 Å². The van der Waals surface area contributed by atoms with E-state index in [1.807, 2.05) is 0 Å². The van der Waals surface area contributed by atoms with E-state index >= 15 is 0 Å².